The van der Waals surface area contributed by atoms with Gasteiger partial charge in [-0.1, -0.05) is 60.0 Å². The normalized spacial score (nSPS) is 12.5. The van der Waals surface area contributed by atoms with Crippen LogP contribution in [-0.4, -0.2) is 73.4 Å². The Morgan fingerprint density at radius 3 is 1.89 bits per heavy atom. The molecule has 0 aliphatic rings. The molecule has 4 N–H and O–H groups in total. The maximum Gasteiger partial charge on any atom is 0.325 e. The molecule has 3 aromatic carbocycles. The van der Waals surface area contributed by atoms with Gasteiger partial charge in [-0.2, -0.15) is 0 Å². The van der Waals surface area contributed by atoms with E-state index in [1.165, 1.54) is 23.0 Å². The summed E-state index contributed by atoms with van der Waals surface area (Å²) in [5.41, 5.74) is 5.76. The summed E-state index contributed by atoms with van der Waals surface area (Å²) in [6.45, 7) is 1.58. The number of ether oxygens (including phenoxy) is 2. The van der Waals surface area contributed by atoms with Crippen molar-refractivity contribution in [1.29, 1.82) is 0 Å². The highest BCUT2D eigenvalue weighted by molar-refractivity contribution is 7.98. The van der Waals surface area contributed by atoms with Crippen molar-refractivity contribution in [2.75, 3.05) is 32.2 Å². The number of thiol groups is 1. The fourth-order valence-corrected chi connectivity index (χ4v) is 10.3. The maximum absolute atomic E-state index is 13.0. The summed E-state index contributed by atoms with van der Waals surface area (Å²) in [6.07, 6.45) is 1.67. The van der Waals surface area contributed by atoms with E-state index in [9.17, 15) is 19.2 Å². The van der Waals surface area contributed by atoms with Gasteiger partial charge in [-0.25, -0.2) is 11.4 Å². The van der Waals surface area contributed by atoms with Crippen LogP contribution in [0.4, 0.5) is 0 Å². The third kappa shape index (κ3) is 11.5. The molecule has 0 radical (unpaired) electrons. The van der Waals surface area contributed by atoms with Gasteiger partial charge >= 0.3 is 11.9 Å². The monoisotopic (exact) mass is 731 g/mol. The first kappa shape index (κ1) is 38.8. The number of rotatable bonds is 17. The Hall–Kier alpha value is -3.37. The molecule has 0 bridgehead atoms. The third-order valence-corrected chi connectivity index (χ3v) is 12.7. The fourth-order valence-electron chi connectivity index (χ4n) is 4.92. The second-order valence-corrected chi connectivity index (χ2v) is 14.9. The summed E-state index contributed by atoms with van der Waals surface area (Å²) >= 11 is 0.848. The van der Waals surface area contributed by atoms with Crippen molar-refractivity contribution in [1.82, 2.24) is 10.6 Å². The molecule has 0 heterocycles. The summed E-state index contributed by atoms with van der Waals surface area (Å²) in [5.74, 6) is -1.79. The van der Waals surface area contributed by atoms with Crippen molar-refractivity contribution in [3.8, 4) is 0 Å². The van der Waals surface area contributed by atoms with Crippen LogP contribution in [0.25, 0.3) is 0 Å². The predicted molar refractivity (Wildman–Crippen MR) is 185 cm³/mol. The molecule has 0 aromatic heterocycles. The van der Waals surface area contributed by atoms with Crippen LogP contribution in [0, 0.1) is 0 Å². The number of methoxy groups -OCH3 is 1. The molecule has 2 amide bonds. The SMILES string of the molecule is CCOC(=O)CNC(=O)C(C[SH]=CCC[P+](c1ccccc1)(c1ccccc1)c1ccccc1)NC(=O)CCC(N)C(=O)OC.[Br-]. The second kappa shape index (κ2) is 20.7. The molecule has 0 saturated carbocycles. The van der Waals surface area contributed by atoms with Gasteiger partial charge in [0.05, 0.1) is 19.9 Å². The van der Waals surface area contributed by atoms with E-state index in [1.807, 2.05) is 18.2 Å². The molecule has 2 atom stereocenters. The Morgan fingerprint density at radius 1 is 0.891 bits per heavy atom. The van der Waals surface area contributed by atoms with E-state index in [0.29, 0.717) is 5.75 Å². The number of halogens is 1. The molecule has 0 spiro atoms. The molecule has 12 heteroatoms. The number of nitrogens with one attached hydrogen (secondary N) is 2. The van der Waals surface area contributed by atoms with E-state index in [-0.39, 0.29) is 43.0 Å². The standard InChI is InChI=1S/C34H42N3O6PS.BrH/c1-3-43-32(39)24-36-33(40)30(37-31(38)21-20-29(35)34(41)42-2)25-45-23-13-22-44(26-14-7-4-8-15-26,27-16-9-5-10-17-27)28-18-11-6-12-19-28;/h4-12,14-19,23,29-30,45H,3,13,20-22,24-25,35H2,1-2H3,(H-,36,37,38,40);1H. The minimum atomic E-state index is -2.00. The van der Waals surface area contributed by atoms with Crippen LogP contribution in [0.1, 0.15) is 26.2 Å². The summed E-state index contributed by atoms with van der Waals surface area (Å²) in [6, 6.07) is 30.0. The molecule has 0 aliphatic heterocycles. The van der Waals surface area contributed by atoms with Crippen molar-refractivity contribution in [2.45, 2.75) is 38.3 Å². The molecule has 0 aliphatic carbocycles. The van der Waals surface area contributed by atoms with Gasteiger partial charge in [0.15, 0.2) is 0 Å². The van der Waals surface area contributed by atoms with Crippen molar-refractivity contribution in [2.24, 2.45) is 5.73 Å². The number of hydrogen-bond acceptors (Lipinski definition) is 7. The van der Waals surface area contributed by atoms with Gasteiger partial charge in [0.25, 0.3) is 0 Å². The lowest BCUT2D eigenvalue weighted by atomic mass is 10.1. The van der Waals surface area contributed by atoms with Crippen LogP contribution in [0.15, 0.2) is 91.0 Å². The highest BCUT2D eigenvalue weighted by atomic mass is 79.9. The van der Waals surface area contributed by atoms with Crippen molar-refractivity contribution >= 4 is 63.6 Å². The van der Waals surface area contributed by atoms with Gasteiger partial charge in [0, 0.05) is 18.6 Å². The molecular formula is C34H43BrN3O6PS. The molecule has 0 saturated heterocycles. The molecule has 3 rings (SSSR count). The number of carbonyl (C=O) groups is 4. The average molecular weight is 733 g/mol. The minimum absolute atomic E-state index is 0. The highest BCUT2D eigenvalue weighted by Crippen LogP contribution is 2.55. The number of amides is 2. The van der Waals surface area contributed by atoms with Crippen molar-refractivity contribution in [3.05, 3.63) is 91.0 Å². The fraction of sp³-hybridized carbons (Fsp3) is 0.324. The van der Waals surface area contributed by atoms with Crippen LogP contribution in [0.3, 0.4) is 0 Å². The van der Waals surface area contributed by atoms with Crippen molar-refractivity contribution in [3.63, 3.8) is 0 Å². The highest BCUT2D eigenvalue weighted by Gasteiger charge is 2.44. The number of benzene rings is 3. The van der Waals surface area contributed by atoms with Crippen LogP contribution in [-0.2, 0) is 28.7 Å². The third-order valence-electron chi connectivity index (χ3n) is 7.15. The predicted octanol–water partition coefficient (Wildman–Crippen LogP) is -0.913. The Kier molecular flexibility index (Phi) is 17.5. The number of esters is 2. The average Bonchev–Trinajstić information content (AvgIpc) is 3.08. The van der Waals surface area contributed by atoms with E-state index >= 15 is 0 Å². The quantitative estimate of drug-likeness (QED) is 0.0611. The Bertz CT molecular complexity index is 1320. The number of hydrogen-bond donors (Lipinski definition) is 4. The summed E-state index contributed by atoms with van der Waals surface area (Å²) in [5, 5.41) is 11.3. The smallest absolute Gasteiger partial charge is 0.325 e. The van der Waals surface area contributed by atoms with Gasteiger partial charge in [0.1, 0.15) is 41.8 Å². The molecule has 0 fully saturated rings. The summed E-state index contributed by atoms with van der Waals surface area (Å²) in [4.78, 5) is 49.2. The minimum Gasteiger partial charge on any atom is -1.00 e. The van der Waals surface area contributed by atoms with E-state index in [4.69, 9.17) is 10.5 Å². The molecule has 2 unspecified atom stereocenters. The van der Waals surface area contributed by atoms with Gasteiger partial charge in [-0.15, -0.1) is 0 Å². The molecular weight excluding hydrogens is 689 g/mol. The van der Waals surface area contributed by atoms with Crippen molar-refractivity contribution < 1.29 is 45.6 Å². The Balaban J connectivity index is 0.00000736. The first-order chi connectivity index (χ1) is 21.8. The van der Waals surface area contributed by atoms with E-state index in [2.05, 4.69) is 93.5 Å². The van der Waals surface area contributed by atoms with E-state index < -0.39 is 43.1 Å². The molecule has 3 aromatic rings. The van der Waals surface area contributed by atoms with Crippen LogP contribution < -0.4 is 49.3 Å². The summed E-state index contributed by atoms with van der Waals surface area (Å²) in [7, 11) is -0.773. The molecule has 46 heavy (non-hydrogen) atoms. The zero-order valence-corrected chi connectivity index (χ0v) is 29.5. The van der Waals surface area contributed by atoms with Gasteiger partial charge < -0.3 is 42.8 Å². The largest absolute Gasteiger partial charge is 1.00 e. The van der Waals surface area contributed by atoms with E-state index in [1.54, 1.807) is 6.92 Å². The van der Waals surface area contributed by atoms with Gasteiger partial charge in [-0.3, -0.25) is 19.2 Å². The zero-order valence-electron chi connectivity index (χ0n) is 26.1. The summed E-state index contributed by atoms with van der Waals surface area (Å²) < 4.78 is 9.52. The number of nitrogens with two attached hydrogens (primary N) is 1. The van der Waals surface area contributed by atoms with Gasteiger partial charge in [-0.05, 0) is 49.7 Å². The van der Waals surface area contributed by atoms with Crippen LogP contribution >= 0.6 is 18.6 Å². The van der Waals surface area contributed by atoms with Gasteiger partial charge in [0.2, 0.25) is 11.8 Å². The lowest BCUT2D eigenvalue weighted by Crippen LogP contribution is -3.00. The van der Waals surface area contributed by atoms with E-state index in [0.717, 1.165) is 23.9 Å². The van der Waals surface area contributed by atoms with Crippen LogP contribution in [0.5, 0.6) is 0 Å². The maximum atomic E-state index is 13.0. The Labute approximate surface area is 286 Å². The Morgan fingerprint density at radius 2 is 1.41 bits per heavy atom. The first-order valence-corrected chi connectivity index (χ1v) is 18.0. The molecule has 248 valence electrons. The van der Waals surface area contributed by atoms with Crippen LogP contribution in [0.2, 0.25) is 0 Å². The molecule has 9 nitrogen and oxygen atoms in total. The number of carbonyl (C=O) groups excluding carboxylic acids is 4. The first-order valence-electron chi connectivity index (χ1n) is 14.9. The lowest BCUT2D eigenvalue weighted by Gasteiger charge is -2.27. The second-order valence-electron chi connectivity index (χ2n) is 10.2. The lowest BCUT2D eigenvalue weighted by molar-refractivity contribution is -0.143. The topological polar surface area (TPSA) is 137 Å². The zero-order chi connectivity index (χ0) is 32.5.